The smallest absolute Gasteiger partial charge is 0.402 e. The number of carbonyl (C=O) groups is 1. The molecule has 164 valence electrons. The summed E-state index contributed by atoms with van der Waals surface area (Å²) in [7, 11) is 1.10. The molecule has 0 unspecified atom stereocenters. The summed E-state index contributed by atoms with van der Waals surface area (Å²) >= 11 is 0. The molecule has 1 aromatic rings. The van der Waals surface area contributed by atoms with Gasteiger partial charge in [-0.05, 0) is 58.9 Å². The molecule has 0 saturated carbocycles. The van der Waals surface area contributed by atoms with Gasteiger partial charge < -0.3 is 25.1 Å². The normalized spacial score (nSPS) is 19.3. The molecule has 0 aliphatic carbocycles. The van der Waals surface area contributed by atoms with Gasteiger partial charge in [-0.2, -0.15) is 0 Å². The van der Waals surface area contributed by atoms with E-state index in [9.17, 15) is 4.79 Å². The van der Waals surface area contributed by atoms with Crippen molar-refractivity contribution in [2.24, 2.45) is 5.73 Å². The number of amides is 1. The molecule has 1 fully saturated rings. The lowest BCUT2D eigenvalue weighted by molar-refractivity contribution is -0.123. The summed E-state index contributed by atoms with van der Waals surface area (Å²) in [4.78, 5) is 12.6. The van der Waals surface area contributed by atoms with Crippen molar-refractivity contribution in [3.05, 3.63) is 35.9 Å². The number of nitrogens with two attached hydrogens (primary N) is 1. The van der Waals surface area contributed by atoms with Crippen molar-refractivity contribution in [1.82, 2.24) is 5.32 Å². The van der Waals surface area contributed by atoms with E-state index < -0.39 is 24.4 Å². The Morgan fingerprint density at radius 3 is 2.28 bits per heavy atom. The second-order valence-corrected chi connectivity index (χ2v) is 8.51. The first-order valence-electron chi connectivity index (χ1n) is 10.1. The van der Waals surface area contributed by atoms with Gasteiger partial charge in [-0.3, -0.25) is 4.79 Å². The zero-order valence-electron chi connectivity index (χ0n) is 18.3. The van der Waals surface area contributed by atoms with E-state index in [1.54, 1.807) is 7.11 Å². The number of aryl methyl sites for hydroxylation is 1. The van der Waals surface area contributed by atoms with Crippen LogP contribution in [0.3, 0.4) is 0 Å². The predicted octanol–water partition coefficient (Wildman–Crippen LogP) is 2.91. The van der Waals surface area contributed by atoms with Crippen LogP contribution in [0.15, 0.2) is 30.3 Å². The summed E-state index contributed by atoms with van der Waals surface area (Å²) in [6.45, 7) is 8.50. The fourth-order valence-corrected chi connectivity index (χ4v) is 3.17. The number of halogens is 1. The van der Waals surface area contributed by atoms with E-state index in [0.717, 1.165) is 19.3 Å². The number of hydrogen-bond acceptors (Lipinski definition) is 5. The molecule has 8 heteroatoms. The molecule has 1 aliphatic heterocycles. The minimum absolute atomic E-state index is 0. The van der Waals surface area contributed by atoms with E-state index in [1.807, 2.05) is 45.9 Å². The Labute approximate surface area is 181 Å². The molecule has 6 nitrogen and oxygen atoms in total. The van der Waals surface area contributed by atoms with Gasteiger partial charge in [-0.15, -0.1) is 12.4 Å². The van der Waals surface area contributed by atoms with E-state index >= 15 is 0 Å². The minimum atomic E-state index is -0.612. The van der Waals surface area contributed by atoms with Crippen LogP contribution in [0.2, 0.25) is 0 Å². The second-order valence-electron chi connectivity index (χ2n) is 8.51. The Hall–Kier alpha value is -1.12. The number of hydrogen-bond donors (Lipinski definition) is 2. The van der Waals surface area contributed by atoms with Gasteiger partial charge in [0.1, 0.15) is 0 Å². The van der Waals surface area contributed by atoms with Crippen molar-refractivity contribution in [3.63, 3.8) is 0 Å². The Balaban J connectivity index is 0.00000420. The molecule has 0 spiro atoms. The van der Waals surface area contributed by atoms with Gasteiger partial charge >= 0.3 is 7.12 Å². The average Bonchev–Trinajstić information content (AvgIpc) is 2.87. The quantitative estimate of drug-likeness (QED) is 0.562. The summed E-state index contributed by atoms with van der Waals surface area (Å²) < 4.78 is 17.4. The standard InChI is InChI=1S/C21H35BN2O4.ClH/c1-20(2)21(3,4)28-22(27-20)18(24-19(25)17(23)14-15-26-5)13-9-12-16-10-7-6-8-11-16;/h6-8,10-11,17-18H,9,12-15,23H2,1-5H3,(H,24,25);1H/t17-,18+;/m1./s1. The third-order valence-electron chi connectivity index (χ3n) is 5.72. The number of carbonyl (C=O) groups excluding carboxylic acids is 1. The largest absolute Gasteiger partial charge is 0.481 e. The van der Waals surface area contributed by atoms with Crippen molar-refractivity contribution in [3.8, 4) is 0 Å². The van der Waals surface area contributed by atoms with Crippen molar-refractivity contribution >= 4 is 25.4 Å². The fraction of sp³-hybridized carbons (Fsp3) is 0.667. The highest BCUT2D eigenvalue weighted by atomic mass is 35.5. The van der Waals surface area contributed by atoms with E-state index in [4.69, 9.17) is 19.8 Å². The number of methoxy groups -OCH3 is 1. The minimum Gasteiger partial charge on any atom is -0.402 e. The number of ether oxygens (including phenoxy) is 1. The molecular weight excluding hydrogens is 391 g/mol. The third-order valence-corrected chi connectivity index (χ3v) is 5.72. The Kier molecular flexibility index (Phi) is 10.1. The first kappa shape index (κ1) is 25.9. The third kappa shape index (κ3) is 7.26. The summed E-state index contributed by atoms with van der Waals surface area (Å²) in [5.74, 6) is -0.456. The van der Waals surface area contributed by atoms with Gasteiger partial charge in [-0.1, -0.05) is 30.3 Å². The average molecular weight is 427 g/mol. The van der Waals surface area contributed by atoms with Crippen LogP contribution < -0.4 is 11.1 Å². The second kappa shape index (κ2) is 11.3. The van der Waals surface area contributed by atoms with Crippen molar-refractivity contribution in [2.45, 2.75) is 76.6 Å². The van der Waals surface area contributed by atoms with Crippen molar-refractivity contribution in [1.29, 1.82) is 0 Å². The lowest BCUT2D eigenvalue weighted by Crippen LogP contribution is -2.53. The molecule has 1 heterocycles. The van der Waals surface area contributed by atoms with Crippen LogP contribution in [0.4, 0.5) is 0 Å². The predicted molar refractivity (Wildman–Crippen MR) is 119 cm³/mol. The van der Waals surface area contributed by atoms with E-state index in [2.05, 4.69) is 17.4 Å². The van der Waals surface area contributed by atoms with Crippen LogP contribution in [-0.4, -0.2) is 49.9 Å². The zero-order chi connectivity index (χ0) is 20.8. The van der Waals surface area contributed by atoms with Gasteiger partial charge in [0, 0.05) is 13.7 Å². The molecule has 0 aromatic heterocycles. The van der Waals surface area contributed by atoms with Gasteiger partial charge in [0.15, 0.2) is 0 Å². The SMILES string of the molecule is COCC[C@@H](N)C(=O)N[C@@H](CCCc1ccccc1)B1OC(C)(C)C(C)(C)O1.Cl. The Morgan fingerprint density at radius 1 is 1.14 bits per heavy atom. The molecule has 1 saturated heterocycles. The molecule has 1 aliphatic rings. The maximum Gasteiger partial charge on any atom is 0.481 e. The molecule has 2 rings (SSSR count). The van der Waals surface area contributed by atoms with Crippen molar-refractivity contribution < 1.29 is 18.8 Å². The highest BCUT2D eigenvalue weighted by Gasteiger charge is 2.54. The lowest BCUT2D eigenvalue weighted by atomic mass is 9.75. The molecule has 1 aromatic carbocycles. The highest BCUT2D eigenvalue weighted by molar-refractivity contribution is 6.48. The Bertz CT molecular complexity index is 614. The fourth-order valence-electron chi connectivity index (χ4n) is 3.17. The molecule has 29 heavy (non-hydrogen) atoms. The zero-order valence-corrected chi connectivity index (χ0v) is 19.1. The topological polar surface area (TPSA) is 82.8 Å². The van der Waals surface area contributed by atoms with Gasteiger partial charge in [0.2, 0.25) is 5.91 Å². The van der Waals surface area contributed by atoms with E-state index in [0.29, 0.717) is 13.0 Å². The first-order chi connectivity index (χ1) is 13.2. The number of benzene rings is 1. The van der Waals surface area contributed by atoms with Crippen LogP contribution in [0, 0.1) is 0 Å². The molecule has 3 N–H and O–H groups in total. The highest BCUT2D eigenvalue weighted by Crippen LogP contribution is 2.38. The van der Waals surface area contributed by atoms with Crippen molar-refractivity contribution in [2.75, 3.05) is 13.7 Å². The molecule has 0 radical (unpaired) electrons. The molecule has 1 amide bonds. The number of nitrogens with one attached hydrogen (secondary N) is 1. The summed E-state index contributed by atoms with van der Waals surface area (Å²) in [6, 6.07) is 9.71. The first-order valence-corrected chi connectivity index (χ1v) is 10.1. The summed E-state index contributed by atoms with van der Waals surface area (Å²) in [6.07, 6.45) is 3.06. The Morgan fingerprint density at radius 2 is 1.72 bits per heavy atom. The molecular formula is C21H36BClN2O4. The van der Waals surface area contributed by atoms with Gasteiger partial charge in [0.25, 0.3) is 0 Å². The van der Waals surface area contributed by atoms with Crippen LogP contribution in [0.5, 0.6) is 0 Å². The maximum atomic E-state index is 12.6. The lowest BCUT2D eigenvalue weighted by Gasteiger charge is -2.32. The van der Waals surface area contributed by atoms with Crippen LogP contribution in [0.25, 0.3) is 0 Å². The van der Waals surface area contributed by atoms with E-state index in [-0.39, 0.29) is 24.3 Å². The summed E-state index contributed by atoms with van der Waals surface area (Å²) in [5.41, 5.74) is 6.39. The molecule has 0 bridgehead atoms. The number of rotatable bonds is 10. The summed E-state index contributed by atoms with van der Waals surface area (Å²) in [5, 5.41) is 3.06. The van der Waals surface area contributed by atoms with Gasteiger partial charge in [0.05, 0.1) is 23.2 Å². The van der Waals surface area contributed by atoms with Gasteiger partial charge in [-0.25, -0.2) is 0 Å². The molecule has 2 atom stereocenters. The van der Waals surface area contributed by atoms with Crippen LogP contribution in [-0.2, 0) is 25.3 Å². The van der Waals surface area contributed by atoms with Crippen LogP contribution >= 0.6 is 12.4 Å². The maximum absolute atomic E-state index is 12.6. The monoisotopic (exact) mass is 426 g/mol. The van der Waals surface area contributed by atoms with Crippen LogP contribution in [0.1, 0.15) is 52.5 Å². The van der Waals surface area contributed by atoms with E-state index in [1.165, 1.54) is 5.56 Å².